The summed E-state index contributed by atoms with van der Waals surface area (Å²) >= 11 is 4.76. The molecule has 0 saturated heterocycles. The Hall–Kier alpha value is -0.760. The van der Waals surface area contributed by atoms with Crippen LogP contribution in [0.15, 0.2) is 24.3 Å². The van der Waals surface area contributed by atoms with Crippen LogP contribution in [-0.2, 0) is 4.79 Å². The lowest BCUT2D eigenvalue weighted by atomic mass is 10.4. The summed E-state index contributed by atoms with van der Waals surface area (Å²) in [5, 5.41) is 9.49. The Morgan fingerprint density at radius 3 is 1.89 bits per heavy atom. The zero-order chi connectivity index (χ0) is 7.86. The van der Waals surface area contributed by atoms with E-state index in [1.165, 1.54) is 12.5 Å². The first-order valence-corrected chi connectivity index (χ1v) is 2.57. The Labute approximate surface area is 59.4 Å². The zero-order valence-corrected chi connectivity index (χ0v) is 5.94. The minimum absolute atomic E-state index is 0.0648. The molecule has 0 saturated carbocycles. The summed E-state index contributed by atoms with van der Waals surface area (Å²) in [5.41, 5.74) is 1.29. The molecular formula is C6H8ClO2-. The maximum absolute atomic E-state index is 9.49. The van der Waals surface area contributed by atoms with Gasteiger partial charge in [0, 0.05) is 0 Å². The number of hydrogen-bond donors (Lipinski definition) is 0. The van der Waals surface area contributed by atoms with Crippen molar-refractivity contribution in [3.63, 3.8) is 0 Å². The lowest BCUT2D eigenvalue weighted by Crippen LogP contribution is -2.22. The molecule has 52 valence electrons. The maximum Gasteiger partial charge on any atom is 0.0666 e. The Bertz CT molecular complexity index is 106. The molecule has 0 aromatic rings. The van der Waals surface area contributed by atoms with Crippen LogP contribution in [0.5, 0.6) is 0 Å². The first-order chi connectivity index (χ1) is 4.06. The molecular weight excluding hydrogens is 140 g/mol. The van der Waals surface area contributed by atoms with Crippen molar-refractivity contribution in [2.75, 3.05) is 0 Å². The highest BCUT2D eigenvalue weighted by Gasteiger charge is 1.76. The molecule has 0 N–H and O–H groups in total. The summed E-state index contributed by atoms with van der Waals surface area (Å²) < 4.78 is 0. The second kappa shape index (κ2) is 7.24. The van der Waals surface area contributed by atoms with Crippen LogP contribution in [-0.4, -0.2) is 5.97 Å². The van der Waals surface area contributed by atoms with Gasteiger partial charge in [0.25, 0.3) is 0 Å². The quantitative estimate of drug-likeness (QED) is 0.512. The molecule has 0 aliphatic heterocycles. The monoisotopic (exact) mass is 147 g/mol. The van der Waals surface area contributed by atoms with E-state index in [1.54, 1.807) is 0 Å². The molecule has 0 rings (SSSR count). The van der Waals surface area contributed by atoms with Crippen LogP contribution in [0.25, 0.3) is 0 Å². The summed E-state index contributed by atoms with van der Waals surface area (Å²) in [5.74, 6) is -1.19. The number of halogens is 1. The van der Waals surface area contributed by atoms with Gasteiger partial charge < -0.3 is 9.90 Å². The first kappa shape index (κ1) is 11.1. The van der Waals surface area contributed by atoms with Crippen molar-refractivity contribution in [1.82, 2.24) is 0 Å². The summed E-state index contributed by atoms with van der Waals surface area (Å²) in [6.07, 6.45) is 0. The second-order valence-corrected chi connectivity index (χ2v) is 1.53. The van der Waals surface area contributed by atoms with Crippen molar-refractivity contribution in [3.05, 3.63) is 24.3 Å². The molecule has 0 radical (unpaired) electrons. The van der Waals surface area contributed by atoms with Crippen LogP contribution < -0.4 is 5.11 Å². The molecule has 0 aromatic heterocycles. The van der Waals surface area contributed by atoms with Gasteiger partial charge in [-0.1, -0.05) is 24.8 Å². The molecule has 0 aliphatic rings. The predicted molar refractivity (Wildman–Crippen MR) is 35.9 cm³/mol. The molecule has 3 heteroatoms. The molecule has 9 heavy (non-hydrogen) atoms. The fourth-order valence-electron chi connectivity index (χ4n) is 0. The van der Waals surface area contributed by atoms with Gasteiger partial charge in [0.2, 0.25) is 0 Å². The van der Waals surface area contributed by atoms with Crippen molar-refractivity contribution >= 4 is 17.6 Å². The topological polar surface area (TPSA) is 40.1 Å². The van der Waals surface area contributed by atoms with Crippen LogP contribution in [0.1, 0.15) is 6.92 Å². The normalized spacial score (nSPS) is 6.44. The van der Waals surface area contributed by atoms with Gasteiger partial charge in [-0.2, -0.15) is 0 Å². The van der Waals surface area contributed by atoms with Crippen LogP contribution >= 0.6 is 11.6 Å². The lowest BCUT2D eigenvalue weighted by Gasteiger charge is -1.93. The van der Waals surface area contributed by atoms with Gasteiger partial charge in [0.05, 0.1) is 5.97 Å². The van der Waals surface area contributed by atoms with E-state index in [0.29, 0.717) is 0 Å². The molecule has 0 heterocycles. The summed E-state index contributed by atoms with van der Waals surface area (Å²) in [6, 6.07) is 0. The first-order valence-electron chi connectivity index (χ1n) is 2.14. The van der Waals surface area contributed by atoms with Crippen molar-refractivity contribution in [3.8, 4) is 0 Å². The van der Waals surface area contributed by atoms with E-state index in [9.17, 15) is 9.90 Å². The number of carbonyl (C=O) groups is 1. The van der Waals surface area contributed by atoms with Crippen LogP contribution in [0.3, 0.4) is 0 Å². The zero-order valence-electron chi connectivity index (χ0n) is 5.19. The number of carboxylic acid groups (broad SMARTS) is 1. The van der Waals surface area contributed by atoms with Crippen molar-refractivity contribution in [2.45, 2.75) is 6.92 Å². The number of carbonyl (C=O) groups excluding carboxylic acids is 1. The number of hydrogen-bond acceptors (Lipinski definition) is 2. The molecule has 0 aliphatic carbocycles. The molecule has 0 bridgehead atoms. The third-order valence-electron chi connectivity index (χ3n) is 0.348. The third-order valence-corrected chi connectivity index (χ3v) is 0.348. The van der Waals surface area contributed by atoms with Crippen molar-refractivity contribution in [1.29, 1.82) is 0 Å². The van der Waals surface area contributed by atoms with Gasteiger partial charge in [-0.25, -0.2) is 0 Å². The van der Waals surface area contributed by atoms with Gasteiger partial charge in [0.1, 0.15) is 0 Å². The Morgan fingerprint density at radius 1 is 1.78 bits per heavy atom. The SMILES string of the molecule is C=C(C)C(=O)[O-].C=CCl. The van der Waals surface area contributed by atoms with Crippen molar-refractivity contribution < 1.29 is 9.90 Å². The second-order valence-electron chi connectivity index (χ2n) is 1.22. The molecule has 0 amide bonds. The minimum atomic E-state index is -1.19. The Morgan fingerprint density at radius 2 is 1.89 bits per heavy atom. The van der Waals surface area contributed by atoms with E-state index in [4.69, 9.17) is 11.6 Å². The average Bonchev–Trinajstić information content (AvgIpc) is 1.68. The van der Waals surface area contributed by atoms with E-state index in [0.717, 1.165) is 0 Å². The molecule has 0 unspecified atom stereocenters. The standard InChI is InChI=1S/C4H6O2.C2H3Cl/c1-3(2)4(5)6;1-2-3/h1H2,2H3,(H,5,6);2H,1H2/p-1. The van der Waals surface area contributed by atoms with Gasteiger partial charge in [0.15, 0.2) is 0 Å². The van der Waals surface area contributed by atoms with E-state index in [-0.39, 0.29) is 5.57 Å². The van der Waals surface area contributed by atoms with E-state index in [2.05, 4.69) is 13.2 Å². The lowest BCUT2D eigenvalue weighted by molar-refractivity contribution is -0.299. The van der Waals surface area contributed by atoms with Crippen LogP contribution in [0.2, 0.25) is 0 Å². The summed E-state index contributed by atoms with van der Waals surface area (Å²) in [4.78, 5) is 9.49. The fourth-order valence-corrected chi connectivity index (χ4v) is 0. The third kappa shape index (κ3) is 18.9. The average molecular weight is 148 g/mol. The molecule has 0 spiro atoms. The number of carboxylic acids is 1. The van der Waals surface area contributed by atoms with Crippen LogP contribution in [0.4, 0.5) is 0 Å². The van der Waals surface area contributed by atoms with Gasteiger partial charge >= 0.3 is 0 Å². The Kier molecular flexibility index (Phi) is 8.92. The predicted octanol–water partition coefficient (Wildman–Crippen LogP) is 0.681. The fraction of sp³-hybridized carbons (Fsp3) is 0.167. The summed E-state index contributed by atoms with van der Waals surface area (Å²) in [7, 11) is 0. The van der Waals surface area contributed by atoms with Crippen molar-refractivity contribution in [2.24, 2.45) is 0 Å². The smallest absolute Gasteiger partial charge is 0.0666 e. The van der Waals surface area contributed by atoms with E-state index >= 15 is 0 Å². The number of rotatable bonds is 1. The Balaban J connectivity index is 0. The molecule has 0 atom stereocenters. The maximum atomic E-state index is 9.49. The van der Waals surface area contributed by atoms with Gasteiger partial charge in [-0.15, -0.1) is 0 Å². The molecule has 0 fully saturated rings. The van der Waals surface area contributed by atoms with E-state index in [1.807, 2.05) is 0 Å². The molecule has 2 nitrogen and oxygen atoms in total. The minimum Gasteiger partial charge on any atom is -0.545 e. The van der Waals surface area contributed by atoms with Crippen LogP contribution in [0, 0.1) is 0 Å². The highest BCUT2D eigenvalue weighted by Crippen LogP contribution is 1.77. The largest absolute Gasteiger partial charge is 0.545 e. The van der Waals surface area contributed by atoms with E-state index < -0.39 is 5.97 Å². The number of aliphatic carboxylic acids is 1. The summed E-state index contributed by atoms with van der Waals surface area (Å²) in [6.45, 7) is 7.60. The highest BCUT2D eigenvalue weighted by molar-refractivity contribution is 6.25. The highest BCUT2D eigenvalue weighted by atomic mass is 35.5. The van der Waals surface area contributed by atoms with Gasteiger partial charge in [-0.05, 0) is 18.0 Å². The van der Waals surface area contributed by atoms with Gasteiger partial charge in [-0.3, -0.25) is 0 Å². The molecule has 0 aromatic carbocycles.